The maximum atomic E-state index is 12.5. The van der Waals surface area contributed by atoms with Crippen molar-refractivity contribution in [2.45, 2.75) is 13.3 Å². The molecule has 0 atom stereocenters. The van der Waals surface area contributed by atoms with Gasteiger partial charge in [0.1, 0.15) is 5.75 Å². The lowest BCUT2D eigenvalue weighted by Gasteiger charge is -2.06. The van der Waals surface area contributed by atoms with E-state index in [0.29, 0.717) is 23.0 Å². The number of anilines is 1. The highest BCUT2D eigenvalue weighted by Crippen LogP contribution is 2.17. The average molecular weight is 487 g/mol. The van der Waals surface area contributed by atoms with E-state index in [1.54, 1.807) is 53.6 Å². The summed E-state index contributed by atoms with van der Waals surface area (Å²) in [5, 5.41) is 11.9. The predicted octanol–water partition coefficient (Wildman–Crippen LogP) is 4.83. The summed E-state index contributed by atoms with van der Waals surface area (Å²) in [7, 11) is 0. The summed E-state index contributed by atoms with van der Waals surface area (Å²) in [6, 6.07) is 16.7. The summed E-state index contributed by atoms with van der Waals surface area (Å²) in [5.74, 6) is 0.307. The van der Waals surface area contributed by atoms with Crippen LogP contribution in [0.5, 0.6) is 5.75 Å². The molecule has 1 amide bonds. The first kappa shape index (κ1) is 20.2. The van der Waals surface area contributed by atoms with Crippen LogP contribution in [-0.4, -0.2) is 25.5 Å². The lowest BCUT2D eigenvalue weighted by Crippen LogP contribution is -2.14. The molecule has 0 fully saturated rings. The highest BCUT2D eigenvalue weighted by atomic mass is 79.9. The maximum Gasteiger partial charge on any atom is 0.276 e. The van der Waals surface area contributed by atoms with Crippen LogP contribution in [0.25, 0.3) is 0 Å². The largest absolute Gasteiger partial charge is 0.471 e. The highest BCUT2D eigenvalue weighted by Gasteiger charge is 2.11. The molecule has 0 aliphatic carbocycles. The van der Waals surface area contributed by atoms with Crippen LogP contribution in [0, 0.1) is 0 Å². The molecule has 0 radical (unpaired) electrons. The smallest absolute Gasteiger partial charge is 0.276 e. The molecule has 2 heterocycles. The van der Waals surface area contributed by atoms with Crippen molar-refractivity contribution in [3.8, 4) is 5.75 Å². The summed E-state index contributed by atoms with van der Waals surface area (Å²) >= 11 is 9.36. The molecule has 0 aliphatic heterocycles. The van der Waals surface area contributed by atoms with Crippen LogP contribution in [0.1, 0.15) is 16.1 Å². The summed E-state index contributed by atoms with van der Waals surface area (Å²) in [6.07, 6.45) is 5.06. The van der Waals surface area contributed by atoms with Gasteiger partial charge in [0.2, 0.25) is 0 Å². The molecule has 1 N–H and O–H groups in total. The van der Waals surface area contributed by atoms with E-state index in [0.717, 1.165) is 10.0 Å². The Morgan fingerprint density at radius 1 is 1.13 bits per heavy atom. The van der Waals surface area contributed by atoms with Gasteiger partial charge in [0, 0.05) is 21.9 Å². The summed E-state index contributed by atoms with van der Waals surface area (Å²) < 4.78 is 9.94. The number of hydrogen-bond donors (Lipinski definition) is 1. The van der Waals surface area contributed by atoms with Gasteiger partial charge in [0.15, 0.2) is 12.4 Å². The third-order valence-electron chi connectivity index (χ3n) is 4.18. The lowest BCUT2D eigenvalue weighted by atomic mass is 10.2. The Labute approximate surface area is 186 Å². The molecule has 2 aromatic heterocycles. The Morgan fingerprint density at radius 2 is 1.97 bits per heavy atom. The summed E-state index contributed by atoms with van der Waals surface area (Å²) in [5.41, 5.74) is 1.99. The molecule has 0 saturated heterocycles. The van der Waals surface area contributed by atoms with Gasteiger partial charge in [0.25, 0.3) is 5.91 Å². The first-order valence-corrected chi connectivity index (χ1v) is 10.2. The zero-order valence-corrected chi connectivity index (χ0v) is 18.0. The molecular formula is C21H17BrClN5O2. The quantitative estimate of drug-likeness (QED) is 0.406. The molecule has 4 rings (SSSR count). The van der Waals surface area contributed by atoms with Gasteiger partial charge in [0.05, 0.1) is 18.4 Å². The number of carbonyl (C=O) groups is 1. The number of nitrogens with one attached hydrogen (secondary N) is 1. The molecule has 9 heteroatoms. The highest BCUT2D eigenvalue weighted by molar-refractivity contribution is 9.10. The summed E-state index contributed by atoms with van der Waals surface area (Å²) in [6.45, 7) is 0.775. The van der Waals surface area contributed by atoms with E-state index in [-0.39, 0.29) is 18.3 Å². The lowest BCUT2D eigenvalue weighted by molar-refractivity contribution is 0.102. The van der Waals surface area contributed by atoms with Gasteiger partial charge in [-0.2, -0.15) is 10.2 Å². The second-order valence-electron chi connectivity index (χ2n) is 6.48. The molecule has 0 saturated carbocycles. The molecule has 30 heavy (non-hydrogen) atoms. The summed E-state index contributed by atoms with van der Waals surface area (Å²) in [4.78, 5) is 12.5. The molecule has 152 valence electrons. The van der Waals surface area contributed by atoms with Crippen molar-refractivity contribution >= 4 is 39.1 Å². The second-order valence-corrected chi connectivity index (χ2v) is 7.83. The fourth-order valence-electron chi connectivity index (χ4n) is 2.74. The van der Waals surface area contributed by atoms with E-state index in [1.165, 1.54) is 4.68 Å². The Bertz CT molecular complexity index is 1160. The molecule has 0 unspecified atom stereocenters. The van der Waals surface area contributed by atoms with E-state index in [4.69, 9.17) is 16.3 Å². The monoisotopic (exact) mass is 485 g/mol. The number of benzene rings is 2. The zero-order chi connectivity index (χ0) is 20.9. The van der Waals surface area contributed by atoms with Gasteiger partial charge >= 0.3 is 0 Å². The first-order chi connectivity index (χ1) is 14.5. The first-order valence-electron chi connectivity index (χ1n) is 9.05. The fraction of sp³-hybridized carbons (Fsp3) is 0.0952. The number of ether oxygens (including phenoxy) is 1. The van der Waals surface area contributed by atoms with Crippen molar-refractivity contribution in [1.29, 1.82) is 0 Å². The average Bonchev–Trinajstić information content (AvgIpc) is 3.38. The third-order valence-corrected chi connectivity index (χ3v) is 4.95. The van der Waals surface area contributed by atoms with Crippen molar-refractivity contribution in [1.82, 2.24) is 19.6 Å². The predicted molar refractivity (Wildman–Crippen MR) is 118 cm³/mol. The van der Waals surface area contributed by atoms with Gasteiger partial charge in [-0.1, -0.05) is 45.7 Å². The van der Waals surface area contributed by atoms with Crippen molar-refractivity contribution in [2.75, 3.05) is 5.32 Å². The Hall–Kier alpha value is -3.10. The van der Waals surface area contributed by atoms with Crippen LogP contribution in [-0.2, 0) is 13.3 Å². The molecule has 0 aliphatic rings. The van der Waals surface area contributed by atoms with E-state index in [1.807, 2.05) is 24.3 Å². The minimum Gasteiger partial charge on any atom is -0.471 e. The minimum absolute atomic E-state index is 0.165. The van der Waals surface area contributed by atoms with Crippen molar-refractivity contribution in [3.63, 3.8) is 0 Å². The van der Waals surface area contributed by atoms with Gasteiger partial charge in [-0.25, -0.2) is 4.68 Å². The standard InChI is InChI=1S/C21H17BrClN5O2/c22-16-6-4-15(5-7-16)12-28-13-18(11-24-28)25-21(29)20-8-9-27(26-20)14-30-19-3-1-2-17(23)10-19/h1-11,13H,12,14H2,(H,25,29). The van der Waals surface area contributed by atoms with Crippen molar-refractivity contribution in [2.24, 2.45) is 0 Å². The Kier molecular flexibility index (Phi) is 6.15. The fourth-order valence-corrected chi connectivity index (χ4v) is 3.18. The van der Waals surface area contributed by atoms with Gasteiger partial charge in [-0.3, -0.25) is 9.48 Å². The zero-order valence-electron chi connectivity index (χ0n) is 15.7. The molecule has 7 nitrogen and oxygen atoms in total. The number of rotatable bonds is 7. The molecule has 0 bridgehead atoms. The number of aromatic nitrogens is 4. The number of halogens is 2. The number of hydrogen-bond acceptors (Lipinski definition) is 4. The van der Waals surface area contributed by atoms with Crippen molar-refractivity contribution < 1.29 is 9.53 Å². The van der Waals surface area contributed by atoms with Gasteiger partial charge < -0.3 is 10.1 Å². The number of nitrogens with zero attached hydrogens (tertiary/aromatic N) is 4. The molecular weight excluding hydrogens is 470 g/mol. The Morgan fingerprint density at radius 3 is 2.77 bits per heavy atom. The van der Waals surface area contributed by atoms with Gasteiger partial charge in [-0.05, 0) is 42.0 Å². The van der Waals surface area contributed by atoms with Crippen LogP contribution >= 0.6 is 27.5 Å². The topological polar surface area (TPSA) is 74.0 Å². The third kappa shape index (κ3) is 5.28. The van der Waals surface area contributed by atoms with E-state index in [9.17, 15) is 4.79 Å². The Balaban J connectivity index is 1.33. The SMILES string of the molecule is O=C(Nc1cnn(Cc2ccc(Br)cc2)c1)c1ccn(COc2cccc(Cl)c2)n1. The molecule has 0 spiro atoms. The minimum atomic E-state index is -0.320. The second kappa shape index (κ2) is 9.15. The van der Waals surface area contributed by atoms with Crippen LogP contribution in [0.3, 0.4) is 0 Å². The van der Waals surface area contributed by atoms with E-state index in [2.05, 4.69) is 31.4 Å². The maximum absolute atomic E-state index is 12.5. The van der Waals surface area contributed by atoms with Gasteiger partial charge in [-0.15, -0.1) is 0 Å². The van der Waals surface area contributed by atoms with Crippen molar-refractivity contribution in [3.05, 3.63) is 93.9 Å². The normalized spacial score (nSPS) is 10.7. The molecule has 2 aromatic carbocycles. The van der Waals surface area contributed by atoms with E-state index < -0.39 is 0 Å². The van der Waals surface area contributed by atoms with Crippen LogP contribution in [0.2, 0.25) is 5.02 Å². The number of carbonyl (C=O) groups excluding carboxylic acids is 1. The van der Waals surface area contributed by atoms with Crippen LogP contribution < -0.4 is 10.1 Å². The van der Waals surface area contributed by atoms with E-state index >= 15 is 0 Å². The van der Waals surface area contributed by atoms with Crippen LogP contribution in [0.4, 0.5) is 5.69 Å². The molecule has 4 aromatic rings. The number of amides is 1. The van der Waals surface area contributed by atoms with Crippen LogP contribution in [0.15, 0.2) is 77.7 Å².